The van der Waals surface area contributed by atoms with Gasteiger partial charge in [0.15, 0.2) is 0 Å². The molecular formula is C21H20N2S. The van der Waals surface area contributed by atoms with Gasteiger partial charge in [-0.15, -0.1) is 11.3 Å². The Morgan fingerprint density at radius 1 is 1.00 bits per heavy atom. The Balaban J connectivity index is 1.71. The molecule has 0 amide bonds. The van der Waals surface area contributed by atoms with E-state index < -0.39 is 0 Å². The molecule has 24 heavy (non-hydrogen) atoms. The molecule has 1 aromatic heterocycles. The van der Waals surface area contributed by atoms with E-state index in [-0.39, 0.29) is 0 Å². The molecule has 0 saturated heterocycles. The summed E-state index contributed by atoms with van der Waals surface area (Å²) in [5, 5.41) is 11.4. The van der Waals surface area contributed by atoms with Crippen molar-refractivity contribution in [3.8, 4) is 17.2 Å². The van der Waals surface area contributed by atoms with E-state index in [1.807, 2.05) is 35.6 Å². The second kappa shape index (κ2) is 7.44. The van der Waals surface area contributed by atoms with Gasteiger partial charge in [0.05, 0.1) is 11.6 Å². The maximum absolute atomic E-state index is 9.24. The number of nitriles is 1. The molecule has 3 rings (SSSR count). The van der Waals surface area contributed by atoms with Crippen LogP contribution in [0.15, 0.2) is 60.0 Å². The Bertz CT molecular complexity index is 856. The number of nitrogens with zero attached hydrogens (tertiary/aromatic N) is 2. The predicted molar refractivity (Wildman–Crippen MR) is 101 cm³/mol. The number of rotatable bonds is 5. The Hall–Kier alpha value is -2.41. The summed E-state index contributed by atoms with van der Waals surface area (Å²) >= 11 is 1.82. The lowest BCUT2D eigenvalue weighted by Gasteiger charge is -2.16. The zero-order valence-corrected chi connectivity index (χ0v) is 14.8. The van der Waals surface area contributed by atoms with E-state index >= 15 is 0 Å². The molecule has 0 spiro atoms. The number of benzene rings is 2. The van der Waals surface area contributed by atoms with Crippen LogP contribution in [0.1, 0.15) is 21.6 Å². The topological polar surface area (TPSA) is 27.0 Å². The van der Waals surface area contributed by atoms with Crippen molar-refractivity contribution in [1.29, 1.82) is 5.26 Å². The van der Waals surface area contributed by atoms with Crippen molar-refractivity contribution in [3.05, 3.63) is 81.5 Å². The Kier molecular flexibility index (Phi) is 5.10. The molecule has 0 saturated carbocycles. The first kappa shape index (κ1) is 16.4. The molecular weight excluding hydrogens is 312 g/mol. The Morgan fingerprint density at radius 3 is 2.42 bits per heavy atom. The quantitative estimate of drug-likeness (QED) is 0.640. The normalized spacial score (nSPS) is 10.8. The van der Waals surface area contributed by atoms with Crippen molar-refractivity contribution in [2.75, 3.05) is 7.05 Å². The number of aryl methyl sites for hydroxylation is 1. The minimum Gasteiger partial charge on any atom is -0.297 e. The summed E-state index contributed by atoms with van der Waals surface area (Å²) in [4.78, 5) is 3.76. The van der Waals surface area contributed by atoms with Crippen molar-refractivity contribution in [2.24, 2.45) is 0 Å². The summed E-state index contributed by atoms with van der Waals surface area (Å²) < 4.78 is 0. The summed E-state index contributed by atoms with van der Waals surface area (Å²) in [6.07, 6.45) is 0. The molecule has 2 aromatic carbocycles. The smallest absolute Gasteiger partial charge is 0.0998 e. The summed E-state index contributed by atoms with van der Waals surface area (Å²) in [7, 11) is 2.15. The van der Waals surface area contributed by atoms with Gasteiger partial charge in [-0.2, -0.15) is 5.26 Å². The van der Waals surface area contributed by atoms with Gasteiger partial charge in [0, 0.05) is 18.0 Å². The average Bonchev–Trinajstić information content (AvgIpc) is 3.00. The third-order valence-corrected chi connectivity index (χ3v) is 5.15. The predicted octanol–water partition coefficient (Wildman–Crippen LogP) is 5.23. The molecule has 0 aliphatic carbocycles. The minimum absolute atomic E-state index is 0.718. The van der Waals surface area contributed by atoms with Crippen LogP contribution in [0.2, 0.25) is 0 Å². The molecule has 0 fully saturated rings. The maximum Gasteiger partial charge on any atom is 0.0998 e. The Morgan fingerprint density at radius 2 is 1.75 bits per heavy atom. The molecule has 2 nitrogen and oxygen atoms in total. The van der Waals surface area contributed by atoms with E-state index in [0.29, 0.717) is 0 Å². The van der Waals surface area contributed by atoms with Crippen LogP contribution < -0.4 is 0 Å². The number of hydrogen-bond donors (Lipinski definition) is 0. The standard InChI is InChI=1S/C21H20N2S/c1-16-11-12-24-21(16)15-23(2)14-17-7-9-18(10-8-17)20-6-4-3-5-19(20)13-22/h3-12H,14-15H2,1-2H3. The van der Waals surface area contributed by atoms with Gasteiger partial charge < -0.3 is 0 Å². The molecule has 0 radical (unpaired) electrons. The molecule has 1 heterocycles. The monoisotopic (exact) mass is 332 g/mol. The molecule has 0 unspecified atom stereocenters. The SMILES string of the molecule is Cc1ccsc1CN(C)Cc1ccc(-c2ccccc2C#N)cc1. The van der Waals surface area contributed by atoms with Gasteiger partial charge in [-0.3, -0.25) is 4.90 Å². The fourth-order valence-electron chi connectivity index (χ4n) is 2.80. The third-order valence-electron chi connectivity index (χ3n) is 4.15. The zero-order valence-electron chi connectivity index (χ0n) is 14.0. The molecule has 0 bridgehead atoms. The lowest BCUT2D eigenvalue weighted by molar-refractivity contribution is 0.321. The second-order valence-electron chi connectivity index (χ2n) is 6.05. The second-order valence-corrected chi connectivity index (χ2v) is 7.05. The fraction of sp³-hybridized carbons (Fsp3) is 0.190. The molecule has 0 aliphatic heterocycles. The van der Waals surface area contributed by atoms with E-state index in [1.54, 1.807) is 0 Å². The largest absolute Gasteiger partial charge is 0.297 e. The van der Waals surface area contributed by atoms with Crippen LogP contribution in [0, 0.1) is 18.3 Å². The van der Waals surface area contributed by atoms with Gasteiger partial charge in [0.1, 0.15) is 0 Å². The summed E-state index contributed by atoms with van der Waals surface area (Å²) in [6, 6.07) is 20.7. The van der Waals surface area contributed by atoms with Crippen LogP contribution in [-0.4, -0.2) is 11.9 Å². The van der Waals surface area contributed by atoms with Crippen LogP contribution in [-0.2, 0) is 13.1 Å². The van der Waals surface area contributed by atoms with Crippen LogP contribution in [0.4, 0.5) is 0 Å². The fourth-order valence-corrected chi connectivity index (χ4v) is 3.79. The summed E-state index contributed by atoms with van der Waals surface area (Å²) in [6.45, 7) is 4.06. The van der Waals surface area contributed by atoms with Gasteiger partial charge in [-0.25, -0.2) is 0 Å². The first-order chi connectivity index (χ1) is 11.7. The average molecular weight is 332 g/mol. The minimum atomic E-state index is 0.718. The number of thiophene rings is 1. The first-order valence-corrected chi connectivity index (χ1v) is 8.85. The molecule has 0 N–H and O–H groups in total. The van der Waals surface area contributed by atoms with Crippen molar-refractivity contribution in [3.63, 3.8) is 0 Å². The van der Waals surface area contributed by atoms with Crippen molar-refractivity contribution >= 4 is 11.3 Å². The van der Waals surface area contributed by atoms with Gasteiger partial charge >= 0.3 is 0 Å². The molecule has 3 aromatic rings. The Labute approximate surface area is 147 Å². The van der Waals surface area contributed by atoms with Crippen LogP contribution >= 0.6 is 11.3 Å². The maximum atomic E-state index is 9.24. The van der Waals surface area contributed by atoms with Crippen molar-refractivity contribution in [1.82, 2.24) is 4.90 Å². The highest BCUT2D eigenvalue weighted by molar-refractivity contribution is 7.10. The van der Waals surface area contributed by atoms with E-state index in [9.17, 15) is 5.26 Å². The highest BCUT2D eigenvalue weighted by atomic mass is 32.1. The van der Waals surface area contributed by atoms with Crippen LogP contribution in [0.5, 0.6) is 0 Å². The first-order valence-electron chi connectivity index (χ1n) is 7.97. The van der Waals surface area contributed by atoms with Crippen molar-refractivity contribution < 1.29 is 0 Å². The van der Waals surface area contributed by atoms with Crippen molar-refractivity contribution in [2.45, 2.75) is 20.0 Å². The lowest BCUT2D eigenvalue weighted by atomic mass is 9.99. The third kappa shape index (κ3) is 3.73. The van der Waals surface area contributed by atoms with E-state index in [0.717, 1.165) is 29.8 Å². The zero-order chi connectivity index (χ0) is 16.9. The van der Waals surface area contributed by atoms with E-state index in [4.69, 9.17) is 0 Å². The summed E-state index contributed by atoms with van der Waals surface area (Å²) in [5.41, 5.74) is 5.46. The molecule has 0 aliphatic rings. The molecule has 120 valence electrons. The van der Waals surface area contributed by atoms with Gasteiger partial charge in [-0.05, 0) is 53.7 Å². The highest BCUT2D eigenvalue weighted by Crippen LogP contribution is 2.24. The summed E-state index contributed by atoms with van der Waals surface area (Å²) in [5.74, 6) is 0. The number of hydrogen-bond acceptors (Lipinski definition) is 3. The van der Waals surface area contributed by atoms with Crippen LogP contribution in [0.25, 0.3) is 11.1 Å². The van der Waals surface area contributed by atoms with E-state index in [2.05, 4.69) is 60.7 Å². The molecule has 0 atom stereocenters. The van der Waals surface area contributed by atoms with Gasteiger partial charge in [0.25, 0.3) is 0 Å². The van der Waals surface area contributed by atoms with E-state index in [1.165, 1.54) is 16.0 Å². The molecule has 3 heteroatoms. The van der Waals surface area contributed by atoms with Crippen LogP contribution in [0.3, 0.4) is 0 Å². The highest BCUT2D eigenvalue weighted by Gasteiger charge is 2.07. The van der Waals surface area contributed by atoms with Gasteiger partial charge in [0.2, 0.25) is 0 Å². The lowest BCUT2D eigenvalue weighted by Crippen LogP contribution is -2.16. The van der Waals surface area contributed by atoms with Gasteiger partial charge in [-0.1, -0.05) is 42.5 Å².